The van der Waals surface area contributed by atoms with Gasteiger partial charge in [-0.2, -0.15) is 5.10 Å². The molecule has 2 heterocycles. The van der Waals surface area contributed by atoms with Gasteiger partial charge in [0.15, 0.2) is 5.96 Å². The Morgan fingerprint density at radius 1 is 1.33 bits per heavy atom. The molecule has 144 valence electrons. The van der Waals surface area contributed by atoms with Crippen molar-refractivity contribution >= 4 is 33.5 Å². The molecule has 1 aromatic heterocycles. The Kier molecular flexibility index (Phi) is 6.33. The fourth-order valence-electron chi connectivity index (χ4n) is 2.87. The number of aryl methyl sites for hydroxylation is 1. The first-order valence-electron chi connectivity index (χ1n) is 8.70. The lowest BCUT2D eigenvalue weighted by Crippen LogP contribution is -2.55. The smallest absolute Gasteiger partial charge is 0.246 e. The summed E-state index contributed by atoms with van der Waals surface area (Å²) in [5, 5.41) is 7.39. The predicted octanol–water partition coefficient (Wildman–Crippen LogP) is 1.49. The molecule has 1 fully saturated rings. The highest BCUT2D eigenvalue weighted by Gasteiger charge is 2.27. The van der Waals surface area contributed by atoms with Crippen molar-refractivity contribution in [1.29, 1.82) is 0 Å². The number of rotatable bonds is 5. The van der Waals surface area contributed by atoms with Gasteiger partial charge in [0.2, 0.25) is 5.91 Å². The lowest BCUT2D eigenvalue weighted by molar-refractivity contribution is -0.120. The highest BCUT2D eigenvalue weighted by Crippen LogP contribution is 2.17. The highest BCUT2D eigenvalue weighted by molar-refractivity contribution is 9.10. The van der Waals surface area contributed by atoms with Crippen LogP contribution < -0.4 is 15.0 Å². The number of aliphatic imine (C=N–C) groups is 1. The van der Waals surface area contributed by atoms with Crippen molar-refractivity contribution in [2.24, 2.45) is 12.0 Å². The molecule has 0 bridgehead atoms. The van der Waals surface area contributed by atoms with Crippen LogP contribution in [0, 0.1) is 0 Å². The van der Waals surface area contributed by atoms with Gasteiger partial charge in [0.05, 0.1) is 18.4 Å². The number of ether oxygens (including phenoxy) is 1. The number of carbonyl (C=O) groups excluding carboxylic acids is 1. The molecule has 3 rings (SSSR count). The minimum absolute atomic E-state index is 0.0308. The van der Waals surface area contributed by atoms with Gasteiger partial charge in [-0.15, -0.1) is 0 Å². The second kappa shape index (κ2) is 8.90. The first-order valence-corrected chi connectivity index (χ1v) is 9.49. The highest BCUT2D eigenvalue weighted by atomic mass is 79.9. The third-order valence-electron chi connectivity index (χ3n) is 4.20. The van der Waals surface area contributed by atoms with E-state index < -0.39 is 0 Å². The van der Waals surface area contributed by atoms with Crippen LogP contribution in [0.5, 0.6) is 5.75 Å². The molecule has 8 nitrogen and oxygen atoms in total. The lowest BCUT2D eigenvalue weighted by Gasteiger charge is -2.35. The molecule has 0 unspecified atom stereocenters. The number of guanidine groups is 1. The maximum absolute atomic E-state index is 12.5. The third kappa shape index (κ3) is 5.00. The standard InChI is InChI=1S/C18H23BrN6O2/c1-20-18(21-7-10-27-16-5-3-14(19)4-6-16)24-8-9-25(17(26)13-24)15-11-22-23(2)12-15/h3-6,11-12H,7-10,13H2,1-2H3,(H,20,21). The second-order valence-electron chi connectivity index (χ2n) is 6.12. The molecule has 1 saturated heterocycles. The predicted molar refractivity (Wildman–Crippen MR) is 108 cm³/mol. The second-order valence-corrected chi connectivity index (χ2v) is 7.03. The normalized spacial score (nSPS) is 15.2. The van der Waals surface area contributed by atoms with E-state index in [0.717, 1.165) is 15.9 Å². The molecule has 0 atom stereocenters. The number of amides is 1. The first-order chi connectivity index (χ1) is 13.1. The molecule has 0 saturated carbocycles. The molecule has 1 aliphatic heterocycles. The summed E-state index contributed by atoms with van der Waals surface area (Å²) in [6.07, 6.45) is 3.56. The quantitative estimate of drug-likeness (QED) is 0.438. The number of nitrogens with one attached hydrogen (secondary N) is 1. The van der Waals surface area contributed by atoms with Crippen molar-refractivity contribution < 1.29 is 9.53 Å². The molecule has 0 radical (unpaired) electrons. The van der Waals surface area contributed by atoms with Crippen LogP contribution in [-0.4, -0.2) is 66.4 Å². The van der Waals surface area contributed by atoms with Gasteiger partial charge in [-0.1, -0.05) is 15.9 Å². The number of hydrogen-bond donors (Lipinski definition) is 1. The van der Waals surface area contributed by atoms with Crippen molar-refractivity contribution in [2.45, 2.75) is 0 Å². The van der Waals surface area contributed by atoms with Gasteiger partial charge in [-0.05, 0) is 24.3 Å². The van der Waals surface area contributed by atoms with E-state index in [-0.39, 0.29) is 12.5 Å². The summed E-state index contributed by atoms with van der Waals surface area (Å²) in [5.74, 6) is 1.55. The van der Waals surface area contributed by atoms with E-state index in [1.54, 1.807) is 22.8 Å². The van der Waals surface area contributed by atoms with Crippen LogP contribution in [0.25, 0.3) is 0 Å². The summed E-state index contributed by atoms with van der Waals surface area (Å²) in [4.78, 5) is 20.5. The molecule has 0 aliphatic carbocycles. The van der Waals surface area contributed by atoms with Gasteiger partial charge in [0.1, 0.15) is 18.9 Å². The van der Waals surface area contributed by atoms with Gasteiger partial charge >= 0.3 is 0 Å². The molecule has 1 aromatic carbocycles. The van der Waals surface area contributed by atoms with Crippen molar-refractivity contribution in [2.75, 3.05) is 44.7 Å². The maximum atomic E-state index is 12.5. The van der Waals surface area contributed by atoms with E-state index in [0.29, 0.717) is 32.2 Å². The Labute approximate surface area is 166 Å². The first kappa shape index (κ1) is 19.2. The van der Waals surface area contributed by atoms with Crippen molar-refractivity contribution in [3.8, 4) is 5.75 Å². The van der Waals surface area contributed by atoms with Gasteiger partial charge in [-0.3, -0.25) is 14.5 Å². The van der Waals surface area contributed by atoms with E-state index in [9.17, 15) is 4.79 Å². The zero-order valence-electron chi connectivity index (χ0n) is 15.4. The van der Waals surface area contributed by atoms with Gasteiger partial charge in [-0.25, -0.2) is 0 Å². The van der Waals surface area contributed by atoms with Crippen LogP contribution in [0.1, 0.15) is 0 Å². The number of aromatic nitrogens is 2. The molecule has 0 spiro atoms. The maximum Gasteiger partial charge on any atom is 0.246 e. The monoisotopic (exact) mass is 434 g/mol. The summed E-state index contributed by atoms with van der Waals surface area (Å²) < 4.78 is 8.41. The van der Waals surface area contributed by atoms with Gasteiger partial charge < -0.3 is 19.9 Å². The largest absolute Gasteiger partial charge is 0.492 e. The molecular weight excluding hydrogens is 412 g/mol. The number of anilines is 1. The Balaban J connectivity index is 1.47. The van der Waals surface area contributed by atoms with Crippen LogP contribution in [0.15, 0.2) is 46.1 Å². The molecule has 9 heteroatoms. The van der Waals surface area contributed by atoms with Crippen molar-refractivity contribution in [3.63, 3.8) is 0 Å². The molecule has 1 amide bonds. The molecule has 1 N–H and O–H groups in total. The Bertz CT molecular complexity index is 804. The third-order valence-corrected chi connectivity index (χ3v) is 4.73. The minimum Gasteiger partial charge on any atom is -0.492 e. The van der Waals surface area contributed by atoms with E-state index in [1.807, 2.05) is 42.4 Å². The number of halogens is 1. The van der Waals surface area contributed by atoms with Gasteiger partial charge in [0.25, 0.3) is 0 Å². The van der Waals surface area contributed by atoms with E-state index in [2.05, 4.69) is 31.3 Å². The molecular formula is C18H23BrN6O2. The minimum atomic E-state index is 0.0308. The van der Waals surface area contributed by atoms with Crippen LogP contribution in [0.2, 0.25) is 0 Å². The topological polar surface area (TPSA) is 75.0 Å². The van der Waals surface area contributed by atoms with Crippen molar-refractivity contribution in [3.05, 3.63) is 41.1 Å². The molecule has 27 heavy (non-hydrogen) atoms. The SMILES string of the molecule is CN=C(NCCOc1ccc(Br)cc1)N1CCN(c2cnn(C)c2)C(=O)C1. The van der Waals surface area contributed by atoms with Crippen LogP contribution in [0.4, 0.5) is 5.69 Å². The summed E-state index contributed by atoms with van der Waals surface area (Å²) in [6, 6.07) is 7.70. The average Bonchev–Trinajstić information content (AvgIpc) is 3.09. The zero-order valence-corrected chi connectivity index (χ0v) is 17.0. The Hall–Kier alpha value is -2.55. The summed E-state index contributed by atoms with van der Waals surface area (Å²) in [5.41, 5.74) is 0.827. The number of nitrogens with zero attached hydrogens (tertiary/aromatic N) is 5. The van der Waals surface area contributed by atoms with Crippen molar-refractivity contribution in [1.82, 2.24) is 20.0 Å². The van der Waals surface area contributed by atoms with E-state index in [4.69, 9.17) is 4.74 Å². The summed E-state index contributed by atoms with van der Waals surface area (Å²) in [6.45, 7) is 2.68. The number of piperazine rings is 1. The number of benzene rings is 1. The fourth-order valence-corrected chi connectivity index (χ4v) is 3.13. The summed E-state index contributed by atoms with van der Waals surface area (Å²) >= 11 is 3.40. The van der Waals surface area contributed by atoms with Crippen LogP contribution >= 0.6 is 15.9 Å². The van der Waals surface area contributed by atoms with Crippen LogP contribution in [0.3, 0.4) is 0 Å². The molecule has 2 aromatic rings. The molecule has 1 aliphatic rings. The van der Waals surface area contributed by atoms with Crippen LogP contribution in [-0.2, 0) is 11.8 Å². The van der Waals surface area contributed by atoms with Gasteiger partial charge in [0, 0.05) is 37.9 Å². The summed E-state index contributed by atoms with van der Waals surface area (Å²) in [7, 11) is 3.56. The number of carbonyl (C=O) groups is 1. The average molecular weight is 435 g/mol. The Morgan fingerprint density at radius 2 is 2.11 bits per heavy atom. The van der Waals surface area contributed by atoms with E-state index >= 15 is 0 Å². The zero-order chi connectivity index (χ0) is 19.2. The number of hydrogen-bond acceptors (Lipinski definition) is 4. The fraction of sp³-hybridized carbons (Fsp3) is 0.389. The Morgan fingerprint density at radius 3 is 2.74 bits per heavy atom. The lowest BCUT2D eigenvalue weighted by atomic mass is 10.3. The van der Waals surface area contributed by atoms with E-state index in [1.165, 1.54) is 0 Å².